The second-order valence-electron chi connectivity index (χ2n) is 7.11. The van der Waals surface area contributed by atoms with E-state index in [1.165, 1.54) is 29.7 Å². The van der Waals surface area contributed by atoms with E-state index in [1.807, 2.05) is 18.3 Å². The Morgan fingerprint density at radius 1 is 1.39 bits per heavy atom. The smallest absolute Gasteiger partial charge is 0.0522 e. The maximum Gasteiger partial charge on any atom is 0.0522 e. The van der Waals surface area contributed by atoms with E-state index in [0.717, 1.165) is 31.1 Å². The lowest BCUT2D eigenvalue weighted by Gasteiger charge is -2.32. The third kappa shape index (κ3) is 4.36. The van der Waals surface area contributed by atoms with Crippen molar-refractivity contribution in [3.63, 3.8) is 0 Å². The van der Waals surface area contributed by atoms with Crippen LogP contribution in [0.2, 0.25) is 5.02 Å². The van der Waals surface area contributed by atoms with Gasteiger partial charge in [0.25, 0.3) is 0 Å². The third-order valence-corrected chi connectivity index (χ3v) is 4.82. The van der Waals surface area contributed by atoms with Gasteiger partial charge in [-0.15, -0.1) is 0 Å². The second kappa shape index (κ2) is 7.50. The number of aromatic nitrogens is 2. The normalized spacial score (nSPS) is 19.4. The molecule has 1 atom stereocenters. The molecule has 0 spiro atoms. The molecule has 1 saturated heterocycles. The van der Waals surface area contributed by atoms with Crippen molar-refractivity contribution in [3.05, 3.63) is 52.3 Å². The Hall–Kier alpha value is -1.32. The van der Waals surface area contributed by atoms with Gasteiger partial charge in [0.15, 0.2) is 0 Å². The number of hydrogen-bond donors (Lipinski definition) is 1. The highest BCUT2D eigenvalue weighted by molar-refractivity contribution is 6.30. The Bertz CT molecular complexity index is 635. The SMILES string of the molecule is CC(C)Cc1cn[nH]c1C1CCCN(Cc2cccc(Cl)c2)C1. The molecule has 3 nitrogen and oxygen atoms in total. The summed E-state index contributed by atoms with van der Waals surface area (Å²) in [7, 11) is 0. The average Bonchev–Trinajstić information content (AvgIpc) is 2.95. The molecule has 0 amide bonds. The summed E-state index contributed by atoms with van der Waals surface area (Å²) in [4.78, 5) is 2.54. The first kappa shape index (κ1) is 16.5. The van der Waals surface area contributed by atoms with Gasteiger partial charge in [-0.1, -0.05) is 37.6 Å². The molecule has 1 fully saturated rings. The van der Waals surface area contributed by atoms with E-state index in [4.69, 9.17) is 11.6 Å². The van der Waals surface area contributed by atoms with Gasteiger partial charge in [0, 0.05) is 29.7 Å². The molecule has 23 heavy (non-hydrogen) atoms. The summed E-state index contributed by atoms with van der Waals surface area (Å²) < 4.78 is 0. The fourth-order valence-electron chi connectivity index (χ4n) is 3.61. The molecule has 1 N–H and O–H groups in total. The average molecular weight is 332 g/mol. The van der Waals surface area contributed by atoms with Crippen molar-refractivity contribution in [1.82, 2.24) is 15.1 Å². The first-order valence-electron chi connectivity index (χ1n) is 8.60. The van der Waals surface area contributed by atoms with E-state index in [9.17, 15) is 0 Å². The Kier molecular flexibility index (Phi) is 5.39. The molecule has 3 rings (SSSR count). The largest absolute Gasteiger partial charge is 0.298 e. The molecular weight excluding hydrogens is 306 g/mol. The van der Waals surface area contributed by atoms with Gasteiger partial charge in [0.1, 0.15) is 0 Å². The maximum absolute atomic E-state index is 6.11. The maximum atomic E-state index is 6.11. The van der Waals surface area contributed by atoms with E-state index in [1.54, 1.807) is 0 Å². The number of H-pyrrole nitrogens is 1. The van der Waals surface area contributed by atoms with Crippen molar-refractivity contribution < 1.29 is 0 Å². The number of likely N-dealkylation sites (tertiary alicyclic amines) is 1. The van der Waals surface area contributed by atoms with Gasteiger partial charge in [-0.25, -0.2) is 0 Å². The number of rotatable bonds is 5. The summed E-state index contributed by atoms with van der Waals surface area (Å²) in [5, 5.41) is 8.41. The van der Waals surface area contributed by atoms with Crippen LogP contribution in [0.3, 0.4) is 0 Å². The van der Waals surface area contributed by atoms with Gasteiger partial charge in [-0.3, -0.25) is 10.00 Å². The number of hydrogen-bond acceptors (Lipinski definition) is 2. The molecule has 2 heterocycles. The lowest BCUT2D eigenvalue weighted by atomic mass is 9.90. The van der Waals surface area contributed by atoms with Crippen LogP contribution in [-0.2, 0) is 13.0 Å². The van der Waals surface area contributed by atoms with Crippen molar-refractivity contribution >= 4 is 11.6 Å². The lowest BCUT2D eigenvalue weighted by Crippen LogP contribution is -2.34. The van der Waals surface area contributed by atoms with Crippen LogP contribution in [0.15, 0.2) is 30.5 Å². The number of nitrogens with zero attached hydrogens (tertiary/aromatic N) is 2. The molecule has 2 aromatic rings. The summed E-state index contributed by atoms with van der Waals surface area (Å²) in [5.74, 6) is 1.23. The zero-order valence-corrected chi connectivity index (χ0v) is 14.8. The summed E-state index contributed by atoms with van der Waals surface area (Å²) >= 11 is 6.11. The van der Waals surface area contributed by atoms with Crippen molar-refractivity contribution in [2.24, 2.45) is 5.92 Å². The van der Waals surface area contributed by atoms with Gasteiger partial charge in [0.05, 0.1) is 6.20 Å². The third-order valence-electron chi connectivity index (χ3n) is 4.59. The Labute approximate surface area is 144 Å². The van der Waals surface area contributed by atoms with Crippen LogP contribution in [-0.4, -0.2) is 28.2 Å². The monoisotopic (exact) mass is 331 g/mol. The first-order valence-corrected chi connectivity index (χ1v) is 8.98. The van der Waals surface area contributed by atoms with Crippen molar-refractivity contribution in [2.75, 3.05) is 13.1 Å². The van der Waals surface area contributed by atoms with Crippen LogP contribution in [0, 0.1) is 5.92 Å². The van der Waals surface area contributed by atoms with E-state index in [0.29, 0.717) is 11.8 Å². The van der Waals surface area contributed by atoms with Crippen molar-refractivity contribution in [2.45, 2.75) is 45.6 Å². The Morgan fingerprint density at radius 3 is 3.04 bits per heavy atom. The number of piperidine rings is 1. The fraction of sp³-hybridized carbons (Fsp3) is 0.526. The van der Waals surface area contributed by atoms with E-state index in [2.05, 4.69) is 41.1 Å². The van der Waals surface area contributed by atoms with Crippen molar-refractivity contribution in [1.29, 1.82) is 0 Å². The quantitative estimate of drug-likeness (QED) is 0.865. The highest BCUT2D eigenvalue weighted by Gasteiger charge is 2.24. The minimum atomic E-state index is 0.569. The predicted octanol–water partition coefficient (Wildman–Crippen LogP) is 4.64. The summed E-state index contributed by atoms with van der Waals surface area (Å²) in [6, 6.07) is 8.21. The molecule has 1 unspecified atom stereocenters. The zero-order chi connectivity index (χ0) is 16.2. The Morgan fingerprint density at radius 2 is 2.26 bits per heavy atom. The van der Waals surface area contributed by atoms with Gasteiger partial charge >= 0.3 is 0 Å². The molecule has 0 saturated carbocycles. The topological polar surface area (TPSA) is 31.9 Å². The van der Waals surface area contributed by atoms with Crippen LogP contribution in [0.1, 0.15) is 49.4 Å². The van der Waals surface area contributed by atoms with E-state index >= 15 is 0 Å². The molecule has 0 bridgehead atoms. The van der Waals surface area contributed by atoms with Gasteiger partial charge in [0.2, 0.25) is 0 Å². The van der Waals surface area contributed by atoms with E-state index < -0.39 is 0 Å². The van der Waals surface area contributed by atoms with Crippen molar-refractivity contribution in [3.8, 4) is 0 Å². The van der Waals surface area contributed by atoms with E-state index in [-0.39, 0.29) is 0 Å². The zero-order valence-electron chi connectivity index (χ0n) is 14.1. The number of nitrogens with one attached hydrogen (secondary N) is 1. The fourth-order valence-corrected chi connectivity index (χ4v) is 3.82. The van der Waals surface area contributed by atoms with Crippen LogP contribution < -0.4 is 0 Å². The number of halogens is 1. The summed E-state index contributed by atoms with van der Waals surface area (Å²) in [6.45, 7) is 7.77. The highest BCUT2D eigenvalue weighted by atomic mass is 35.5. The predicted molar refractivity (Wildman–Crippen MR) is 95.8 cm³/mol. The molecule has 0 aliphatic carbocycles. The molecule has 1 aromatic carbocycles. The molecule has 1 aliphatic heterocycles. The van der Waals surface area contributed by atoms with Gasteiger partial charge in [-0.2, -0.15) is 5.10 Å². The number of benzene rings is 1. The van der Waals surface area contributed by atoms with Crippen LogP contribution >= 0.6 is 11.6 Å². The Balaban J connectivity index is 1.67. The molecule has 4 heteroatoms. The molecule has 1 aromatic heterocycles. The number of aromatic amines is 1. The standard InChI is InChI=1S/C19H26ClN3/c1-14(2)9-17-11-21-22-19(17)16-6-4-8-23(13-16)12-15-5-3-7-18(20)10-15/h3,5,7,10-11,14,16H,4,6,8-9,12-13H2,1-2H3,(H,21,22). The minimum Gasteiger partial charge on any atom is -0.298 e. The molecule has 124 valence electrons. The molecular formula is C19H26ClN3. The first-order chi connectivity index (χ1) is 11.1. The molecule has 1 aliphatic rings. The second-order valence-corrected chi connectivity index (χ2v) is 7.55. The van der Waals surface area contributed by atoms with Gasteiger partial charge in [-0.05, 0) is 55.0 Å². The van der Waals surface area contributed by atoms with Crippen LogP contribution in [0.4, 0.5) is 0 Å². The van der Waals surface area contributed by atoms with Gasteiger partial charge < -0.3 is 0 Å². The molecule has 0 radical (unpaired) electrons. The summed E-state index contributed by atoms with van der Waals surface area (Å²) in [6.07, 6.45) is 5.62. The minimum absolute atomic E-state index is 0.569. The lowest BCUT2D eigenvalue weighted by molar-refractivity contribution is 0.198. The summed E-state index contributed by atoms with van der Waals surface area (Å²) in [5.41, 5.74) is 4.05. The van der Waals surface area contributed by atoms with Crippen LogP contribution in [0.5, 0.6) is 0 Å². The van der Waals surface area contributed by atoms with Crippen LogP contribution in [0.25, 0.3) is 0 Å². The highest BCUT2D eigenvalue weighted by Crippen LogP contribution is 2.29.